The van der Waals surface area contributed by atoms with E-state index in [1.165, 1.54) is 5.56 Å². The van der Waals surface area contributed by atoms with Gasteiger partial charge in [0, 0.05) is 19.1 Å². The van der Waals surface area contributed by atoms with E-state index in [4.69, 9.17) is 4.74 Å². The van der Waals surface area contributed by atoms with Crippen molar-refractivity contribution in [2.75, 3.05) is 26.3 Å². The lowest BCUT2D eigenvalue weighted by Crippen LogP contribution is -2.45. The molecule has 0 aromatic heterocycles. The van der Waals surface area contributed by atoms with Crippen LogP contribution in [0.15, 0.2) is 24.3 Å². The summed E-state index contributed by atoms with van der Waals surface area (Å²) in [5.74, 6) is 0. The van der Waals surface area contributed by atoms with E-state index in [0.29, 0.717) is 12.6 Å². The lowest BCUT2D eigenvalue weighted by atomic mass is 10.0. The topological polar surface area (TPSA) is 32.7 Å². The summed E-state index contributed by atoms with van der Waals surface area (Å²) in [6.45, 7) is 7.47. The van der Waals surface area contributed by atoms with Crippen molar-refractivity contribution in [2.24, 2.45) is 0 Å². The van der Waals surface area contributed by atoms with E-state index in [1.807, 2.05) is 0 Å². The Bertz CT molecular complexity index is 377. The molecule has 19 heavy (non-hydrogen) atoms. The van der Waals surface area contributed by atoms with Crippen LogP contribution in [0.25, 0.3) is 0 Å². The largest absolute Gasteiger partial charge is 0.387 e. The molecule has 1 aromatic rings. The number of ether oxygens (including phenoxy) is 1. The van der Waals surface area contributed by atoms with Gasteiger partial charge in [0.15, 0.2) is 0 Å². The average molecular weight is 263 g/mol. The van der Waals surface area contributed by atoms with Crippen molar-refractivity contribution in [2.45, 2.75) is 38.8 Å². The average Bonchev–Trinajstić information content (AvgIpc) is 2.42. The van der Waals surface area contributed by atoms with Gasteiger partial charge in [-0.2, -0.15) is 0 Å². The van der Waals surface area contributed by atoms with Crippen LogP contribution < -0.4 is 0 Å². The second-order valence-electron chi connectivity index (χ2n) is 5.43. The minimum absolute atomic E-state index is 0.391. The van der Waals surface area contributed by atoms with Gasteiger partial charge in [-0.3, -0.25) is 4.90 Å². The molecule has 2 rings (SSSR count). The molecule has 3 nitrogen and oxygen atoms in total. The Kier molecular flexibility index (Phi) is 5.37. The van der Waals surface area contributed by atoms with E-state index in [1.54, 1.807) is 0 Å². The fourth-order valence-electron chi connectivity index (χ4n) is 2.56. The van der Waals surface area contributed by atoms with Crippen molar-refractivity contribution < 1.29 is 9.84 Å². The third-order valence-electron chi connectivity index (χ3n) is 3.82. The number of aryl methyl sites for hydroxylation is 1. The van der Waals surface area contributed by atoms with Gasteiger partial charge in [-0.15, -0.1) is 0 Å². The Morgan fingerprint density at radius 2 is 2.11 bits per heavy atom. The smallest absolute Gasteiger partial charge is 0.0917 e. The highest BCUT2D eigenvalue weighted by Crippen LogP contribution is 2.18. The molecule has 1 aliphatic rings. The van der Waals surface area contributed by atoms with Crippen LogP contribution >= 0.6 is 0 Å². The predicted molar refractivity (Wildman–Crippen MR) is 77.3 cm³/mol. The second kappa shape index (κ2) is 7.04. The summed E-state index contributed by atoms with van der Waals surface area (Å²) in [4.78, 5) is 2.30. The number of aliphatic hydroxyl groups is 1. The zero-order valence-corrected chi connectivity index (χ0v) is 12.0. The first-order chi connectivity index (χ1) is 9.20. The van der Waals surface area contributed by atoms with Gasteiger partial charge in [-0.25, -0.2) is 0 Å². The number of hydrogen-bond acceptors (Lipinski definition) is 3. The molecule has 2 unspecified atom stereocenters. The number of morpholine rings is 1. The lowest BCUT2D eigenvalue weighted by Gasteiger charge is -2.34. The maximum atomic E-state index is 10.3. The van der Waals surface area contributed by atoms with Crippen LogP contribution in [-0.4, -0.2) is 42.4 Å². The summed E-state index contributed by atoms with van der Waals surface area (Å²) in [7, 11) is 0. The lowest BCUT2D eigenvalue weighted by molar-refractivity contribution is -0.0203. The Hall–Kier alpha value is -0.900. The number of hydrogen-bond donors (Lipinski definition) is 1. The molecule has 1 saturated heterocycles. The Morgan fingerprint density at radius 3 is 2.74 bits per heavy atom. The molecule has 1 fully saturated rings. The molecule has 1 aliphatic heterocycles. The van der Waals surface area contributed by atoms with Gasteiger partial charge < -0.3 is 9.84 Å². The quantitative estimate of drug-likeness (QED) is 0.885. The maximum Gasteiger partial charge on any atom is 0.0917 e. The highest BCUT2D eigenvalue weighted by Gasteiger charge is 2.21. The molecule has 106 valence electrons. The zero-order valence-electron chi connectivity index (χ0n) is 12.0. The molecule has 0 saturated carbocycles. The van der Waals surface area contributed by atoms with E-state index in [-0.39, 0.29) is 0 Å². The molecule has 0 amide bonds. The number of aliphatic hydroxyl groups excluding tert-OH is 1. The van der Waals surface area contributed by atoms with Crippen molar-refractivity contribution in [3.8, 4) is 0 Å². The van der Waals surface area contributed by atoms with E-state index < -0.39 is 6.10 Å². The van der Waals surface area contributed by atoms with E-state index in [0.717, 1.165) is 38.2 Å². The van der Waals surface area contributed by atoms with E-state index >= 15 is 0 Å². The third-order valence-corrected chi connectivity index (χ3v) is 3.82. The molecule has 1 N–H and O–H groups in total. The van der Waals surface area contributed by atoms with Gasteiger partial charge in [0.1, 0.15) is 0 Å². The van der Waals surface area contributed by atoms with Gasteiger partial charge in [0.05, 0.1) is 19.3 Å². The highest BCUT2D eigenvalue weighted by atomic mass is 16.5. The fraction of sp³-hybridized carbons (Fsp3) is 0.625. The van der Waals surface area contributed by atoms with Crippen LogP contribution in [0.5, 0.6) is 0 Å². The van der Waals surface area contributed by atoms with Gasteiger partial charge in [0.2, 0.25) is 0 Å². The van der Waals surface area contributed by atoms with Gasteiger partial charge >= 0.3 is 0 Å². The molecule has 0 aliphatic carbocycles. The molecule has 3 heteroatoms. The summed E-state index contributed by atoms with van der Waals surface area (Å²) >= 11 is 0. The molecule has 2 atom stereocenters. The molecule has 1 heterocycles. The molecule has 0 spiro atoms. The number of benzene rings is 1. The van der Waals surface area contributed by atoms with Crippen LogP contribution in [0.1, 0.15) is 37.5 Å². The van der Waals surface area contributed by atoms with Gasteiger partial charge in [0.25, 0.3) is 0 Å². The van der Waals surface area contributed by atoms with E-state index in [2.05, 4.69) is 43.0 Å². The number of rotatable bonds is 5. The predicted octanol–water partition coefficient (Wildman–Crippen LogP) is 2.39. The summed E-state index contributed by atoms with van der Waals surface area (Å²) in [5.41, 5.74) is 2.36. The van der Waals surface area contributed by atoms with Crippen LogP contribution in [0.4, 0.5) is 0 Å². The van der Waals surface area contributed by atoms with Crippen molar-refractivity contribution >= 4 is 0 Å². The van der Waals surface area contributed by atoms with E-state index in [9.17, 15) is 5.11 Å². The first-order valence-corrected chi connectivity index (χ1v) is 7.29. The van der Waals surface area contributed by atoms with Crippen molar-refractivity contribution in [3.05, 3.63) is 35.4 Å². The van der Waals surface area contributed by atoms with Gasteiger partial charge in [-0.05, 0) is 24.5 Å². The van der Waals surface area contributed by atoms with Crippen molar-refractivity contribution in [1.82, 2.24) is 4.90 Å². The van der Waals surface area contributed by atoms with Crippen molar-refractivity contribution in [3.63, 3.8) is 0 Å². The highest BCUT2D eigenvalue weighted by molar-refractivity contribution is 5.24. The molecular formula is C16H25NO2. The van der Waals surface area contributed by atoms with Crippen LogP contribution in [0.2, 0.25) is 0 Å². The van der Waals surface area contributed by atoms with Crippen LogP contribution in [0.3, 0.4) is 0 Å². The summed E-state index contributed by atoms with van der Waals surface area (Å²) < 4.78 is 5.42. The minimum Gasteiger partial charge on any atom is -0.387 e. The van der Waals surface area contributed by atoms with Crippen LogP contribution in [0, 0.1) is 0 Å². The molecule has 1 aromatic carbocycles. The Labute approximate surface area is 116 Å². The zero-order chi connectivity index (χ0) is 13.7. The summed E-state index contributed by atoms with van der Waals surface area (Å²) in [6.07, 6.45) is 1.86. The molecule has 0 bridgehead atoms. The molecular weight excluding hydrogens is 238 g/mol. The first-order valence-electron chi connectivity index (χ1n) is 7.29. The first kappa shape index (κ1) is 14.5. The Balaban J connectivity index is 1.93. The fourth-order valence-corrected chi connectivity index (χ4v) is 2.56. The SMILES string of the molecule is CCCc1ccc(C(O)CN2CCOCC2C)cc1. The number of β-amino-alcohol motifs (C(OH)–C–C–N with tert-alkyl or cyclic N) is 1. The standard InChI is InChI=1S/C16H25NO2/c1-3-4-14-5-7-15(8-6-14)16(18)11-17-9-10-19-12-13(17)2/h5-8,13,16,18H,3-4,9-12H2,1-2H3. The second-order valence-corrected chi connectivity index (χ2v) is 5.43. The van der Waals surface area contributed by atoms with Crippen LogP contribution in [-0.2, 0) is 11.2 Å². The Morgan fingerprint density at radius 1 is 1.37 bits per heavy atom. The molecule has 0 radical (unpaired) electrons. The maximum absolute atomic E-state index is 10.3. The minimum atomic E-state index is -0.406. The van der Waals surface area contributed by atoms with Crippen molar-refractivity contribution in [1.29, 1.82) is 0 Å². The summed E-state index contributed by atoms with van der Waals surface area (Å²) in [5, 5.41) is 10.3. The third kappa shape index (κ3) is 4.03. The summed E-state index contributed by atoms with van der Waals surface area (Å²) in [6, 6.07) is 8.76. The normalized spacial score (nSPS) is 22.4. The monoisotopic (exact) mass is 263 g/mol. The number of nitrogens with zero attached hydrogens (tertiary/aromatic N) is 1. The van der Waals surface area contributed by atoms with Gasteiger partial charge in [-0.1, -0.05) is 37.6 Å².